The SMILES string of the molecule is CCN(Cc1cc2ccccc2nc1N)C(C)C. The lowest BCUT2D eigenvalue weighted by Crippen LogP contribution is -2.30. The highest BCUT2D eigenvalue weighted by Gasteiger charge is 2.11. The van der Waals surface area contributed by atoms with E-state index in [2.05, 4.69) is 42.8 Å². The second kappa shape index (κ2) is 5.36. The molecule has 0 bridgehead atoms. The molecule has 96 valence electrons. The third kappa shape index (κ3) is 2.62. The molecule has 2 aromatic rings. The van der Waals surface area contributed by atoms with Gasteiger partial charge in [-0.3, -0.25) is 4.90 Å². The van der Waals surface area contributed by atoms with E-state index in [1.54, 1.807) is 0 Å². The lowest BCUT2D eigenvalue weighted by molar-refractivity contribution is 0.225. The van der Waals surface area contributed by atoms with Gasteiger partial charge in [0.05, 0.1) is 5.52 Å². The van der Waals surface area contributed by atoms with E-state index in [4.69, 9.17) is 5.73 Å². The number of para-hydroxylation sites is 1. The second-order valence-corrected chi connectivity index (χ2v) is 4.88. The first kappa shape index (κ1) is 12.8. The van der Waals surface area contributed by atoms with Gasteiger partial charge in [-0.05, 0) is 32.5 Å². The molecule has 0 atom stereocenters. The number of anilines is 1. The van der Waals surface area contributed by atoms with Gasteiger partial charge in [0.25, 0.3) is 0 Å². The molecule has 2 rings (SSSR count). The van der Waals surface area contributed by atoms with Crippen LogP contribution >= 0.6 is 0 Å². The number of nitrogens with two attached hydrogens (primary N) is 1. The van der Waals surface area contributed by atoms with Crippen molar-refractivity contribution >= 4 is 16.7 Å². The molecule has 0 aliphatic heterocycles. The minimum absolute atomic E-state index is 0.515. The van der Waals surface area contributed by atoms with Gasteiger partial charge >= 0.3 is 0 Å². The van der Waals surface area contributed by atoms with Crippen LogP contribution in [0, 0.1) is 0 Å². The maximum Gasteiger partial charge on any atom is 0.128 e. The zero-order valence-electron chi connectivity index (χ0n) is 11.4. The molecule has 0 aliphatic rings. The highest BCUT2D eigenvalue weighted by Crippen LogP contribution is 2.20. The van der Waals surface area contributed by atoms with Crippen LogP contribution < -0.4 is 5.73 Å². The lowest BCUT2D eigenvalue weighted by Gasteiger charge is -2.25. The van der Waals surface area contributed by atoms with E-state index in [9.17, 15) is 0 Å². The maximum atomic E-state index is 6.05. The number of fused-ring (bicyclic) bond motifs is 1. The van der Waals surface area contributed by atoms with Crippen molar-refractivity contribution in [2.75, 3.05) is 12.3 Å². The third-order valence-electron chi connectivity index (χ3n) is 3.35. The first-order chi connectivity index (χ1) is 8.61. The standard InChI is InChI=1S/C15H21N3/c1-4-18(11(2)3)10-13-9-12-7-5-6-8-14(12)17-15(13)16/h5-9,11H,4,10H2,1-3H3,(H2,16,17). The van der Waals surface area contributed by atoms with Crippen LogP contribution in [0.5, 0.6) is 0 Å². The van der Waals surface area contributed by atoms with Crippen LogP contribution in [0.3, 0.4) is 0 Å². The quantitative estimate of drug-likeness (QED) is 0.897. The Morgan fingerprint density at radius 3 is 2.67 bits per heavy atom. The number of nitrogen functional groups attached to an aromatic ring is 1. The van der Waals surface area contributed by atoms with Gasteiger partial charge in [0.2, 0.25) is 0 Å². The molecule has 0 saturated carbocycles. The molecule has 0 aliphatic carbocycles. The molecule has 1 aromatic carbocycles. The fourth-order valence-electron chi connectivity index (χ4n) is 2.18. The third-order valence-corrected chi connectivity index (χ3v) is 3.35. The highest BCUT2D eigenvalue weighted by atomic mass is 15.1. The molecule has 2 N–H and O–H groups in total. The molecule has 1 heterocycles. The number of benzene rings is 1. The Balaban J connectivity index is 2.35. The van der Waals surface area contributed by atoms with Crippen LogP contribution in [-0.2, 0) is 6.54 Å². The molecule has 0 radical (unpaired) electrons. The van der Waals surface area contributed by atoms with E-state index in [1.807, 2.05) is 18.2 Å². The van der Waals surface area contributed by atoms with E-state index in [0.717, 1.165) is 29.6 Å². The van der Waals surface area contributed by atoms with Gasteiger partial charge < -0.3 is 5.73 Å². The normalized spacial score (nSPS) is 11.6. The average Bonchev–Trinajstić information content (AvgIpc) is 2.35. The van der Waals surface area contributed by atoms with Crippen molar-refractivity contribution in [2.24, 2.45) is 0 Å². The highest BCUT2D eigenvalue weighted by molar-refractivity contribution is 5.81. The Kier molecular flexibility index (Phi) is 3.82. The monoisotopic (exact) mass is 243 g/mol. The summed E-state index contributed by atoms with van der Waals surface area (Å²) in [6.07, 6.45) is 0. The summed E-state index contributed by atoms with van der Waals surface area (Å²) in [5.74, 6) is 0.646. The van der Waals surface area contributed by atoms with E-state index < -0.39 is 0 Å². The van der Waals surface area contributed by atoms with Crippen LogP contribution in [-0.4, -0.2) is 22.5 Å². The maximum absolute atomic E-state index is 6.05. The smallest absolute Gasteiger partial charge is 0.128 e. The van der Waals surface area contributed by atoms with Crippen molar-refractivity contribution in [2.45, 2.75) is 33.4 Å². The van der Waals surface area contributed by atoms with E-state index in [1.165, 1.54) is 0 Å². The summed E-state index contributed by atoms with van der Waals surface area (Å²) in [7, 11) is 0. The molecule has 0 fully saturated rings. The van der Waals surface area contributed by atoms with Gasteiger partial charge in [0.1, 0.15) is 5.82 Å². The van der Waals surface area contributed by atoms with E-state index in [0.29, 0.717) is 11.9 Å². The van der Waals surface area contributed by atoms with Crippen molar-refractivity contribution in [1.29, 1.82) is 0 Å². The summed E-state index contributed by atoms with van der Waals surface area (Å²) in [6.45, 7) is 8.45. The van der Waals surface area contributed by atoms with Crippen molar-refractivity contribution in [3.63, 3.8) is 0 Å². The average molecular weight is 243 g/mol. The van der Waals surface area contributed by atoms with Crippen LogP contribution in [0.25, 0.3) is 10.9 Å². The molecule has 0 saturated heterocycles. The lowest BCUT2D eigenvalue weighted by atomic mass is 10.1. The Bertz CT molecular complexity index is 534. The van der Waals surface area contributed by atoms with Gasteiger partial charge in [0, 0.05) is 23.5 Å². The van der Waals surface area contributed by atoms with Gasteiger partial charge in [-0.2, -0.15) is 0 Å². The first-order valence-electron chi connectivity index (χ1n) is 6.50. The summed E-state index contributed by atoms with van der Waals surface area (Å²) in [5, 5.41) is 1.15. The van der Waals surface area contributed by atoms with Crippen molar-refractivity contribution in [1.82, 2.24) is 9.88 Å². The zero-order valence-corrected chi connectivity index (χ0v) is 11.4. The number of rotatable bonds is 4. The van der Waals surface area contributed by atoms with Crippen LogP contribution in [0.4, 0.5) is 5.82 Å². The van der Waals surface area contributed by atoms with Crippen LogP contribution in [0.2, 0.25) is 0 Å². The van der Waals surface area contributed by atoms with Crippen molar-refractivity contribution in [3.8, 4) is 0 Å². The number of hydrogen-bond donors (Lipinski definition) is 1. The largest absolute Gasteiger partial charge is 0.383 e. The summed E-state index contributed by atoms with van der Waals surface area (Å²) in [6, 6.07) is 10.8. The van der Waals surface area contributed by atoms with E-state index >= 15 is 0 Å². The second-order valence-electron chi connectivity index (χ2n) is 4.88. The Hall–Kier alpha value is -1.61. The Morgan fingerprint density at radius 1 is 1.28 bits per heavy atom. The molecule has 0 amide bonds. The summed E-state index contributed by atoms with van der Waals surface area (Å²) in [4.78, 5) is 6.85. The van der Waals surface area contributed by atoms with Crippen molar-refractivity contribution in [3.05, 3.63) is 35.9 Å². The number of aromatic nitrogens is 1. The molecule has 18 heavy (non-hydrogen) atoms. The number of nitrogens with zero attached hydrogens (tertiary/aromatic N) is 2. The van der Waals surface area contributed by atoms with Crippen LogP contribution in [0.15, 0.2) is 30.3 Å². The zero-order chi connectivity index (χ0) is 13.1. The summed E-state index contributed by atoms with van der Waals surface area (Å²) in [5.41, 5.74) is 8.13. The van der Waals surface area contributed by atoms with Crippen LogP contribution in [0.1, 0.15) is 26.3 Å². The topological polar surface area (TPSA) is 42.2 Å². The summed E-state index contributed by atoms with van der Waals surface area (Å²) < 4.78 is 0. The van der Waals surface area contributed by atoms with Gasteiger partial charge in [-0.15, -0.1) is 0 Å². The first-order valence-corrected chi connectivity index (χ1v) is 6.50. The summed E-state index contributed by atoms with van der Waals surface area (Å²) >= 11 is 0. The molecule has 3 nitrogen and oxygen atoms in total. The fraction of sp³-hybridized carbons (Fsp3) is 0.400. The molecular weight excluding hydrogens is 222 g/mol. The molecule has 1 aromatic heterocycles. The minimum Gasteiger partial charge on any atom is -0.383 e. The Morgan fingerprint density at radius 2 is 2.00 bits per heavy atom. The minimum atomic E-state index is 0.515. The predicted octanol–water partition coefficient (Wildman–Crippen LogP) is 3.05. The Labute approximate surface area is 109 Å². The molecule has 0 unspecified atom stereocenters. The fourth-order valence-corrected chi connectivity index (χ4v) is 2.18. The predicted molar refractivity (Wildman–Crippen MR) is 77.4 cm³/mol. The van der Waals surface area contributed by atoms with Gasteiger partial charge in [-0.25, -0.2) is 4.98 Å². The van der Waals surface area contributed by atoms with Gasteiger partial charge in [-0.1, -0.05) is 25.1 Å². The van der Waals surface area contributed by atoms with Gasteiger partial charge in [0.15, 0.2) is 0 Å². The number of pyridine rings is 1. The van der Waals surface area contributed by atoms with E-state index in [-0.39, 0.29) is 0 Å². The molecular formula is C15H21N3. The molecule has 0 spiro atoms. The number of hydrogen-bond acceptors (Lipinski definition) is 3. The molecule has 3 heteroatoms. The van der Waals surface area contributed by atoms with Crippen molar-refractivity contribution < 1.29 is 0 Å².